The van der Waals surface area contributed by atoms with Gasteiger partial charge in [-0.05, 0) is 23.3 Å². The van der Waals surface area contributed by atoms with Gasteiger partial charge in [-0.15, -0.1) is 0 Å². The molecule has 0 heterocycles. The molecule has 2 aromatic carbocycles. The van der Waals surface area contributed by atoms with E-state index in [-0.39, 0.29) is 23.1 Å². The van der Waals surface area contributed by atoms with Gasteiger partial charge in [0.1, 0.15) is 11.6 Å². The molecule has 0 fully saturated rings. The molecule has 0 bridgehead atoms. The van der Waals surface area contributed by atoms with Crippen molar-refractivity contribution in [3.05, 3.63) is 70.8 Å². The fourth-order valence-electron chi connectivity index (χ4n) is 1.92. The van der Waals surface area contributed by atoms with Gasteiger partial charge < -0.3 is 5.11 Å². The van der Waals surface area contributed by atoms with Crippen molar-refractivity contribution in [3.8, 4) is 0 Å². The molecule has 2 rings (SSSR count). The van der Waals surface area contributed by atoms with Crippen molar-refractivity contribution in [1.82, 2.24) is 0 Å². The summed E-state index contributed by atoms with van der Waals surface area (Å²) in [6.45, 7) is 0. The zero-order chi connectivity index (χ0) is 14.7. The summed E-state index contributed by atoms with van der Waals surface area (Å²) in [6.07, 6.45) is -3.88. The maximum atomic E-state index is 13.5. The molecule has 20 heavy (non-hydrogen) atoms. The Kier molecular flexibility index (Phi) is 4.39. The minimum absolute atomic E-state index is 0.112. The highest BCUT2D eigenvalue weighted by Gasteiger charge is 2.14. The van der Waals surface area contributed by atoms with Crippen LogP contribution in [-0.4, -0.2) is 5.11 Å². The summed E-state index contributed by atoms with van der Waals surface area (Å²) in [5.41, 5.74) is 0.189. The fraction of sp³-hybridized carbons (Fsp3) is 0.200. The minimum Gasteiger partial charge on any atom is -0.388 e. The van der Waals surface area contributed by atoms with E-state index in [9.17, 15) is 22.7 Å². The molecule has 0 saturated carbocycles. The third-order valence-corrected chi connectivity index (χ3v) is 2.98. The van der Waals surface area contributed by atoms with Crippen LogP contribution in [0.3, 0.4) is 0 Å². The molecule has 0 spiro atoms. The molecule has 0 aliphatic carbocycles. The van der Waals surface area contributed by atoms with Crippen LogP contribution >= 0.6 is 0 Å². The van der Waals surface area contributed by atoms with Crippen molar-refractivity contribution in [1.29, 1.82) is 0 Å². The lowest BCUT2D eigenvalue weighted by Crippen LogP contribution is -2.04. The molecular weight excluding hydrogens is 272 g/mol. The smallest absolute Gasteiger partial charge is 0.263 e. The van der Waals surface area contributed by atoms with Crippen LogP contribution in [0.2, 0.25) is 0 Å². The Hall–Kier alpha value is -1.88. The number of rotatable bonds is 4. The summed E-state index contributed by atoms with van der Waals surface area (Å²) in [5.74, 6) is -1.48. The van der Waals surface area contributed by atoms with Gasteiger partial charge >= 0.3 is 0 Å². The summed E-state index contributed by atoms with van der Waals surface area (Å²) in [7, 11) is 0. The second-order valence-corrected chi connectivity index (χ2v) is 4.43. The Morgan fingerprint density at radius 3 is 2.30 bits per heavy atom. The van der Waals surface area contributed by atoms with Crippen LogP contribution in [0, 0.1) is 11.6 Å². The molecule has 1 atom stereocenters. The Labute approximate surface area is 113 Å². The van der Waals surface area contributed by atoms with Gasteiger partial charge in [0.15, 0.2) is 0 Å². The Bertz CT molecular complexity index is 598. The van der Waals surface area contributed by atoms with Gasteiger partial charge in [-0.25, -0.2) is 17.6 Å². The third-order valence-electron chi connectivity index (χ3n) is 2.98. The maximum absolute atomic E-state index is 13.5. The average molecular weight is 284 g/mol. The molecule has 0 saturated heterocycles. The highest BCUT2D eigenvalue weighted by molar-refractivity contribution is 5.28. The van der Waals surface area contributed by atoms with Gasteiger partial charge in [0, 0.05) is 18.1 Å². The lowest BCUT2D eigenvalue weighted by molar-refractivity contribution is 0.149. The van der Waals surface area contributed by atoms with Crippen molar-refractivity contribution in [2.24, 2.45) is 0 Å². The van der Waals surface area contributed by atoms with Crippen LogP contribution in [0.15, 0.2) is 42.5 Å². The van der Waals surface area contributed by atoms with Crippen LogP contribution in [-0.2, 0) is 6.42 Å². The zero-order valence-corrected chi connectivity index (χ0v) is 10.4. The summed E-state index contributed by atoms with van der Waals surface area (Å²) >= 11 is 0. The summed E-state index contributed by atoms with van der Waals surface area (Å²) in [6, 6.07) is 8.35. The van der Waals surface area contributed by atoms with Gasteiger partial charge in [-0.1, -0.05) is 24.3 Å². The number of hydrogen-bond donors (Lipinski definition) is 1. The topological polar surface area (TPSA) is 20.2 Å². The van der Waals surface area contributed by atoms with Gasteiger partial charge in [0.2, 0.25) is 0 Å². The van der Waals surface area contributed by atoms with Crippen molar-refractivity contribution in [2.45, 2.75) is 19.0 Å². The SMILES string of the molecule is OC(Cc1ccc(F)cc1F)c1cccc(C(F)F)c1. The highest BCUT2D eigenvalue weighted by atomic mass is 19.3. The van der Waals surface area contributed by atoms with E-state index in [1.54, 1.807) is 0 Å². The first-order chi connectivity index (χ1) is 9.47. The van der Waals surface area contributed by atoms with Crippen LogP contribution in [0.1, 0.15) is 29.2 Å². The van der Waals surface area contributed by atoms with Crippen LogP contribution < -0.4 is 0 Å². The summed E-state index contributed by atoms with van der Waals surface area (Å²) in [4.78, 5) is 0. The van der Waals surface area contributed by atoms with E-state index < -0.39 is 24.2 Å². The van der Waals surface area contributed by atoms with Crippen LogP contribution in [0.25, 0.3) is 0 Å². The van der Waals surface area contributed by atoms with E-state index >= 15 is 0 Å². The first-order valence-electron chi connectivity index (χ1n) is 5.97. The third kappa shape index (κ3) is 3.36. The minimum atomic E-state index is -2.63. The summed E-state index contributed by atoms with van der Waals surface area (Å²) < 4.78 is 51.4. The Morgan fingerprint density at radius 1 is 0.950 bits per heavy atom. The first-order valence-corrected chi connectivity index (χ1v) is 5.97. The van der Waals surface area contributed by atoms with E-state index in [0.29, 0.717) is 0 Å². The molecule has 5 heteroatoms. The van der Waals surface area contributed by atoms with Crippen LogP contribution in [0.4, 0.5) is 17.6 Å². The monoisotopic (exact) mass is 284 g/mol. The maximum Gasteiger partial charge on any atom is 0.263 e. The van der Waals surface area contributed by atoms with Crippen molar-refractivity contribution in [3.63, 3.8) is 0 Å². The standard InChI is InChI=1S/C15H12F4O/c16-12-5-4-9(13(17)8-12)7-14(20)10-2-1-3-11(6-10)15(18)19/h1-6,8,14-15,20H,7H2. The molecular formula is C15H12F4O. The lowest BCUT2D eigenvalue weighted by Gasteiger charge is -2.13. The predicted molar refractivity (Wildman–Crippen MR) is 66.4 cm³/mol. The number of benzene rings is 2. The normalized spacial score (nSPS) is 12.7. The van der Waals surface area contributed by atoms with Gasteiger partial charge in [0.05, 0.1) is 6.10 Å². The second kappa shape index (κ2) is 6.05. The number of aliphatic hydroxyl groups excluding tert-OH is 1. The molecule has 0 aliphatic heterocycles. The lowest BCUT2D eigenvalue weighted by atomic mass is 9.99. The van der Waals surface area contributed by atoms with Crippen molar-refractivity contribution < 1.29 is 22.7 Å². The molecule has 1 unspecified atom stereocenters. The molecule has 0 aromatic heterocycles. The van der Waals surface area contributed by atoms with Crippen molar-refractivity contribution in [2.75, 3.05) is 0 Å². The molecule has 1 N–H and O–H groups in total. The highest BCUT2D eigenvalue weighted by Crippen LogP contribution is 2.25. The molecule has 106 valence electrons. The van der Waals surface area contributed by atoms with Crippen LogP contribution in [0.5, 0.6) is 0 Å². The van der Waals surface area contributed by atoms with E-state index in [0.717, 1.165) is 12.1 Å². The molecule has 0 aliphatic rings. The van der Waals surface area contributed by atoms with E-state index in [2.05, 4.69) is 0 Å². The number of alkyl halides is 2. The summed E-state index contributed by atoms with van der Waals surface area (Å²) in [5, 5.41) is 9.97. The molecule has 2 aromatic rings. The van der Waals surface area contributed by atoms with E-state index in [1.165, 1.54) is 30.3 Å². The van der Waals surface area contributed by atoms with Gasteiger partial charge in [0.25, 0.3) is 6.43 Å². The fourth-order valence-corrected chi connectivity index (χ4v) is 1.92. The zero-order valence-electron chi connectivity index (χ0n) is 10.4. The molecule has 1 nitrogen and oxygen atoms in total. The molecule has 0 amide bonds. The quantitative estimate of drug-likeness (QED) is 0.835. The largest absolute Gasteiger partial charge is 0.388 e. The van der Waals surface area contributed by atoms with Crippen molar-refractivity contribution >= 4 is 0 Å². The Morgan fingerprint density at radius 2 is 1.65 bits per heavy atom. The first kappa shape index (κ1) is 14.5. The van der Waals surface area contributed by atoms with Gasteiger partial charge in [-0.3, -0.25) is 0 Å². The Balaban J connectivity index is 2.19. The van der Waals surface area contributed by atoms with E-state index in [1.807, 2.05) is 0 Å². The van der Waals surface area contributed by atoms with Gasteiger partial charge in [-0.2, -0.15) is 0 Å². The second-order valence-electron chi connectivity index (χ2n) is 4.43. The van der Waals surface area contributed by atoms with E-state index in [4.69, 9.17) is 0 Å². The number of halogens is 4. The number of aliphatic hydroxyl groups is 1. The number of hydrogen-bond acceptors (Lipinski definition) is 1. The molecule has 0 radical (unpaired) electrons. The predicted octanol–water partition coefficient (Wildman–Crippen LogP) is 4.18. The average Bonchev–Trinajstić information content (AvgIpc) is 2.42.